The summed E-state index contributed by atoms with van der Waals surface area (Å²) in [5.41, 5.74) is 1.01. The summed E-state index contributed by atoms with van der Waals surface area (Å²) >= 11 is 0. The molecule has 0 saturated carbocycles. The zero-order valence-corrected chi connectivity index (χ0v) is 10.3. The van der Waals surface area contributed by atoms with E-state index >= 15 is 0 Å². The summed E-state index contributed by atoms with van der Waals surface area (Å²) in [4.78, 5) is 10.1. The first-order valence-electron chi connectivity index (χ1n) is 5.39. The Morgan fingerprint density at radius 2 is 1.94 bits per heavy atom. The molecule has 0 fully saturated rings. The van der Waals surface area contributed by atoms with Gasteiger partial charge in [-0.1, -0.05) is 13.0 Å². The van der Waals surface area contributed by atoms with Gasteiger partial charge in [0.1, 0.15) is 0 Å². The standard InChI is InChI=1S/C12H17NO4/c1-9(8-13(14)15)6-10-4-5-11(16-2)12(7-10)17-3/h4-5,7,9H,6,8H2,1-3H3. The molecule has 0 aromatic heterocycles. The average molecular weight is 239 g/mol. The molecule has 0 heterocycles. The zero-order valence-electron chi connectivity index (χ0n) is 10.3. The van der Waals surface area contributed by atoms with Gasteiger partial charge in [-0.25, -0.2) is 0 Å². The van der Waals surface area contributed by atoms with Crippen molar-refractivity contribution in [2.75, 3.05) is 20.8 Å². The van der Waals surface area contributed by atoms with Crippen molar-refractivity contribution in [2.24, 2.45) is 5.92 Å². The molecule has 1 unspecified atom stereocenters. The van der Waals surface area contributed by atoms with Gasteiger partial charge < -0.3 is 9.47 Å². The van der Waals surface area contributed by atoms with E-state index in [2.05, 4.69) is 0 Å². The average Bonchev–Trinajstić information content (AvgIpc) is 2.27. The van der Waals surface area contributed by atoms with Crippen molar-refractivity contribution in [3.05, 3.63) is 33.9 Å². The predicted molar refractivity (Wildman–Crippen MR) is 64.3 cm³/mol. The van der Waals surface area contributed by atoms with E-state index < -0.39 is 0 Å². The Bertz CT molecular complexity index is 392. The SMILES string of the molecule is COc1ccc(CC(C)C[N+](=O)[O-])cc1OC. The topological polar surface area (TPSA) is 61.6 Å². The molecule has 0 aliphatic heterocycles. The van der Waals surface area contributed by atoms with Crippen molar-refractivity contribution < 1.29 is 14.4 Å². The molecule has 94 valence electrons. The molecule has 0 radical (unpaired) electrons. The predicted octanol–water partition coefficient (Wildman–Crippen LogP) is 2.16. The maximum atomic E-state index is 10.4. The lowest BCUT2D eigenvalue weighted by atomic mass is 10.0. The van der Waals surface area contributed by atoms with Crippen molar-refractivity contribution in [2.45, 2.75) is 13.3 Å². The van der Waals surface area contributed by atoms with Crippen LogP contribution in [0.3, 0.4) is 0 Å². The van der Waals surface area contributed by atoms with Crippen LogP contribution in [-0.2, 0) is 6.42 Å². The third-order valence-electron chi connectivity index (χ3n) is 2.49. The van der Waals surface area contributed by atoms with Crippen molar-refractivity contribution in [1.82, 2.24) is 0 Å². The van der Waals surface area contributed by atoms with E-state index in [1.54, 1.807) is 14.2 Å². The molecule has 1 aromatic rings. The first kappa shape index (κ1) is 13.3. The first-order chi connectivity index (χ1) is 8.06. The summed E-state index contributed by atoms with van der Waals surface area (Å²) in [6, 6.07) is 5.57. The van der Waals surface area contributed by atoms with Crippen LogP contribution in [0.15, 0.2) is 18.2 Å². The lowest BCUT2D eigenvalue weighted by Crippen LogP contribution is -2.13. The largest absolute Gasteiger partial charge is 0.493 e. The number of ether oxygens (including phenoxy) is 2. The quantitative estimate of drug-likeness (QED) is 0.563. The molecule has 0 spiro atoms. The molecule has 1 atom stereocenters. The Labute approximate surface area is 101 Å². The van der Waals surface area contributed by atoms with Gasteiger partial charge in [-0.2, -0.15) is 0 Å². The summed E-state index contributed by atoms with van der Waals surface area (Å²) in [6.07, 6.45) is 0.654. The number of nitrogens with zero attached hydrogens (tertiary/aromatic N) is 1. The minimum absolute atomic E-state index is 0.00287. The van der Waals surface area contributed by atoms with E-state index in [1.165, 1.54) is 0 Å². The lowest BCUT2D eigenvalue weighted by molar-refractivity contribution is -0.487. The molecule has 0 N–H and O–H groups in total. The first-order valence-corrected chi connectivity index (χ1v) is 5.39. The molecular weight excluding hydrogens is 222 g/mol. The molecule has 5 heteroatoms. The molecule has 5 nitrogen and oxygen atoms in total. The third kappa shape index (κ3) is 3.94. The summed E-state index contributed by atoms with van der Waals surface area (Å²) in [5, 5.41) is 10.4. The molecule has 0 aliphatic carbocycles. The van der Waals surface area contributed by atoms with E-state index in [-0.39, 0.29) is 17.4 Å². The van der Waals surface area contributed by atoms with E-state index in [9.17, 15) is 10.1 Å². The summed E-state index contributed by atoms with van der Waals surface area (Å²) in [5.74, 6) is 1.32. The Balaban J connectivity index is 2.75. The molecule has 0 amide bonds. The number of hydrogen-bond donors (Lipinski definition) is 0. The molecule has 0 aliphatic rings. The van der Waals surface area contributed by atoms with Gasteiger partial charge >= 0.3 is 0 Å². The van der Waals surface area contributed by atoms with Gasteiger partial charge in [0.15, 0.2) is 11.5 Å². The highest BCUT2D eigenvalue weighted by molar-refractivity contribution is 5.42. The second kappa shape index (κ2) is 6.08. The fraction of sp³-hybridized carbons (Fsp3) is 0.500. The number of hydrogen-bond acceptors (Lipinski definition) is 4. The Morgan fingerprint density at radius 3 is 2.47 bits per heavy atom. The molecule has 0 bridgehead atoms. The Morgan fingerprint density at radius 1 is 1.29 bits per heavy atom. The number of rotatable bonds is 6. The highest BCUT2D eigenvalue weighted by atomic mass is 16.6. The number of benzene rings is 1. The van der Waals surface area contributed by atoms with Crippen LogP contribution >= 0.6 is 0 Å². The van der Waals surface area contributed by atoms with Crippen molar-refractivity contribution >= 4 is 0 Å². The second-order valence-corrected chi connectivity index (χ2v) is 4.01. The van der Waals surface area contributed by atoms with E-state index in [0.29, 0.717) is 17.9 Å². The maximum Gasteiger partial charge on any atom is 0.206 e. The van der Waals surface area contributed by atoms with E-state index in [0.717, 1.165) is 5.56 Å². The van der Waals surface area contributed by atoms with Gasteiger partial charge in [0.05, 0.1) is 14.2 Å². The van der Waals surface area contributed by atoms with Crippen molar-refractivity contribution in [3.63, 3.8) is 0 Å². The van der Waals surface area contributed by atoms with Gasteiger partial charge in [-0.3, -0.25) is 10.1 Å². The van der Waals surface area contributed by atoms with Gasteiger partial charge in [-0.15, -0.1) is 0 Å². The fourth-order valence-corrected chi connectivity index (χ4v) is 1.73. The molecule has 1 aromatic carbocycles. The van der Waals surface area contributed by atoms with Crippen LogP contribution < -0.4 is 9.47 Å². The van der Waals surface area contributed by atoms with Gasteiger partial charge in [-0.05, 0) is 24.1 Å². The monoisotopic (exact) mass is 239 g/mol. The number of methoxy groups -OCH3 is 2. The van der Waals surface area contributed by atoms with Crippen LogP contribution in [-0.4, -0.2) is 25.7 Å². The highest BCUT2D eigenvalue weighted by Crippen LogP contribution is 2.28. The van der Waals surface area contributed by atoms with Crippen LogP contribution in [0.4, 0.5) is 0 Å². The minimum atomic E-state index is -0.286. The van der Waals surface area contributed by atoms with Gasteiger partial charge in [0, 0.05) is 10.8 Å². The van der Waals surface area contributed by atoms with Crippen LogP contribution in [0.1, 0.15) is 12.5 Å². The van der Waals surface area contributed by atoms with Gasteiger partial charge in [0.25, 0.3) is 0 Å². The highest BCUT2D eigenvalue weighted by Gasteiger charge is 2.12. The molecular formula is C12H17NO4. The van der Waals surface area contributed by atoms with Crippen LogP contribution in [0.5, 0.6) is 11.5 Å². The summed E-state index contributed by atoms with van der Waals surface area (Å²) in [7, 11) is 3.15. The van der Waals surface area contributed by atoms with Crippen LogP contribution in [0, 0.1) is 16.0 Å². The molecule has 0 saturated heterocycles. The second-order valence-electron chi connectivity index (χ2n) is 4.01. The Kier molecular flexibility index (Phi) is 4.75. The number of nitro groups is 1. The summed E-state index contributed by atoms with van der Waals surface area (Å²) < 4.78 is 10.3. The normalized spacial score (nSPS) is 11.9. The molecule has 1 rings (SSSR count). The van der Waals surface area contributed by atoms with Crippen LogP contribution in [0.2, 0.25) is 0 Å². The van der Waals surface area contributed by atoms with Crippen molar-refractivity contribution in [1.29, 1.82) is 0 Å². The van der Waals surface area contributed by atoms with Crippen molar-refractivity contribution in [3.8, 4) is 11.5 Å². The van der Waals surface area contributed by atoms with Gasteiger partial charge in [0.2, 0.25) is 6.54 Å². The zero-order chi connectivity index (χ0) is 12.8. The lowest BCUT2D eigenvalue weighted by Gasteiger charge is -2.11. The third-order valence-corrected chi connectivity index (χ3v) is 2.49. The van der Waals surface area contributed by atoms with E-state index in [1.807, 2.05) is 25.1 Å². The van der Waals surface area contributed by atoms with Crippen LogP contribution in [0.25, 0.3) is 0 Å². The Hall–Kier alpha value is -1.78. The van der Waals surface area contributed by atoms with E-state index in [4.69, 9.17) is 9.47 Å². The fourth-order valence-electron chi connectivity index (χ4n) is 1.73. The smallest absolute Gasteiger partial charge is 0.206 e. The molecule has 17 heavy (non-hydrogen) atoms. The minimum Gasteiger partial charge on any atom is -0.493 e. The summed E-state index contributed by atoms with van der Waals surface area (Å²) in [6.45, 7) is 1.84. The maximum absolute atomic E-state index is 10.4.